The van der Waals surface area contributed by atoms with Gasteiger partial charge >= 0.3 is 6.01 Å². The summed E-state index contributed by atoms with van der Waals surface area (Å²) in [6.07, 6.45) is 2.44. The first kappa shape index (κ1) is 17.8. The Morgan fingerprint density at radius 3 is 2.63 bits per heavy atom. The van der Waals surface area contributed by atoms with Crippen LogP contribution in [0.4, 0.5) is 11.7 Å². The van der Waals surface area contributed by atoms with Crippen molar-refractivity contribution in [2.24, 2.45) is 12.0 Å². The molecule has 2 N–H and O–H groups in total. The van der Waals surface area contributed by atoms with Crippen LogP contribution < -0.4 is 10.6 Å². The number of carbonyl (C=O) groups excluding carboxylic acids is 1. The van der Waals surface area contributed by atoms with Crippen LogP contribution in [0.3, 0.4) is 0 Å². The van der Waals surface area contributed by atoms with Crippen molar-refractivity contribution in [3.63, 3.8) is 0 Å². The Morgan fingerprint density at radius 1 is 1.03 bits per heavy atom. The number of nitrogens with zero attached hydrogens (tertiary/aromatic N) is 5. The Bertz CT molecular complexity index is 1240. The summed E-state index contributed by atoms with van der Waals surface area (Å²) in [4.78, 5) is 17.6. The van der Waals surface area contributed by atoms with Gasteiger partial charge in [-0.15, -0.1) is 5.10 Å². The Labute approximate surface area is 171 Å². The van der Waals surface area contributed by atoms with Crippen LogP contribution in [0.15, 0.2) is 76.4 Å². The Kier molecular flexibility index (Phi) is 4.32. The monoisotopic (exact) mass is 399 g/mol. The van der Waals surface area contributed by atoms with Crippen molar-refractivity contribution >= 4 is 23.3 Å². The third kappa shape index (κ3) is 3.32. The van der Waals surface area contributed by atoms with Crippen molar-refractivity contribution in [2.75, 3.05) is 10.6 Å². The Balaban J connectivity index is 1.51. The number of benzodiazepines with no additional fused rings is 1. The first-order chi connectivity index (χ1) is 14.7. The van der Waals surface area contributed by atoms with Gasteiger partial charge in [0.25, 0.3) is 11.8 Å². The van der Waals surface area contributed by atoms with Crippen LogP contribution in [0.5, 0.6) is 0 Å². The minimum Gasteiger partial charge on any atom is -0.403 e. The predicted octanol–water partition coefficient (Wildman–Crippen LogP) is 2.70. The van der Waals surface area contributed by atoms with Crippen molar-refractivity contribution in [3.8, 4) is 11.5 Å². The van der Waals surface area contributed by atoms with E-state index in [2.05, 4.69) is 25.9 Å². The van der Waals surface area contributed by atoms with E-state index in [1.165, 1.54) is 0 Å². The fraction of sp³-hybridized carbons (Fsp3) is 0.0952. The van der Waals surface area contributed by atoms with Gasteiger partial charge in [-0.1, -0.05) is 53.6 Å². The highest BCUT2D eigenvalue weighted by Gasteiger charge is 2.27. The number of benzene rings is 2. The predicted molar refractivity (Wildman–Crippen MR) is 111 cm³/mol. The Hall–Kier alpha value is -4.27. The zero-order valence-corrected chi connectivity index (χ0v) is 16.0. The summed E-state index contributed by atoms with van der Waals surface area (Å²) >= 11 is 0. The number of aliphatic imine (C=N–C) groups is 1. The zero-order chi connectivity index (χ0) is 20.5. The molecule has 0 fully saturated rings. The highest BCUT2D eigenvalue weighted by atomic mass is 16.4. The number of rotatable bonds is 4. The van der Waals surface area contributed by atoms with Crippen molar-refractivity contribution in [3.05, 3.63) is 78.1 Å². The van der Waals surface area contributed by atoms with Gasteiger partial charge in [-0.05, 0) is 6.07 Å². The van der Waals surface area contributed by atoms with Gasteiger partial charge in [0.05, 0.1) is 23.2 Å². The van der Waals surface area contributed by atoms with Gasteiger partial charge in [-0.3, -0.25) is 9.48 Å². The van der Waals surface area contributed by atoms with Crippen LogP contribution in [0.2, 0.25) is 0 Å². The second-order valence-electron chi connectivity index (χ2n) is 6.74. The number of fused-ring (bicyclic) bond motifs is 1. The summed E-state index contributed by atoms with van der Waals surface area (Å²) < 4.78 is 7.29. The number of amides is 1. The standard InChI is InChI=1S/C21H17N7O2/c1-28-12-14(11-22-28)20-26-27-21(30-20)25-18-19(29)23-16-10-6-5-9-15(16)17(24-18)13-7-3-2-4-8-13/h2-12,18H,1H3,(H,23,29)(H,25,27)/t18-/m1/s1. The fourth-order valence-electron chi connectivity index (χ4n) is 3.23. The summed E-state index contributed by atoms with van der Waals surface area (Å²) in [7, 11) is 1.80. The maximum atomic E-state index is 12.9. The molecule has 9 nitrogen and oxygen atoms in total. The van der Waals surface area contributed by atoms with Crippen LogP contribution in [0, 0.1) is 0 Å². The van der Waals surface area contributed by atoms with Gasteiger partial charge in [0.1, 0.15) is 0 Å². The molecule has 148 valence electrons. The first-order valence-electron chi connectivity index (χ1n) is 9.30. The number of hydrogen-bond acceptors (Lipinski definition) is 7. The van der Waals surface area contributed by atoms with E-state index in [9.17, 15) is 4.79 Å². The molecule has 1 atom stereocenters. The van der Waals surface area contributed by atoms with Crippen molar-refractivity contribution in [2.45, 2.75) is 6.17 Å². The SMILES string of the molecule is Cn1cc(-c2nnc(N[C@H]3N=C(c4ccccc4)c4ccccc4NC3=O)o2)cn1. The molecule has 0 saturated heterocycles. The van der Waals surface area contributed by atoms with Crippen molar-refractivity contribution in [1.82, 2.24) is 20.0 Å². The van der Waals surface area contributed by atoms with E-state index in [4.69, 9.17) is 9.41 Å². The van der Waals surface area contributed by atoms with Gasteiger partial charge < -0.3 is 15.1 Å². The number of hydrogen-bond donors (Lipinski definition) is 2. The number of para-hydroxylation sites is 1. The lowest BCUT2D eigenvalue weighted by molar-refractivity contribution is -0.116. The smallest absolute Gasteiger partial charge is 0.317 e. The van der Waals surface area contributed by atoms with Gasteiger partial charge in [0, 0.05) is 24.4 Å². The fourth-order valence-corrected chi connectivity index (χ4v) is 3.23. The van der Waals surface area contributed by atoms with Gasteiger partial charge in [0.15, 0.2) is 0 Å². The largest absolute Gasteiger partial charge is 0.403 e. The highest BCUT2D eigenvalue weighted by molar-refractivity contribution is 6.19. The van der Waals surface area contributed by atoms with Crippen LogP contribution >= 0.6 is 0 Å². The molecule has 0 saturated carbocycles. The molecule has 30 heavy (non-hydrogen) atoms. The lowest BCUT2D eigenvalue weighted by Crippen LogP contribution is -2.32. The molecule has 4 aromatic rings. The minimum absolute atomic E-state index is 0.0936. The number of aromatic nitrogens is 4. The molecule has 0 aliphatic carbocycles. The normalized spacial score (nSPS) is 15.7. The average molecular weight is 399 g/mol. The Morgan fingerprint density at radius 2 is 1.83 bits per heavy atom. The molecular formula is C21H17N7O2. The average Bonchev–Trinajstić information content (AvgIpc) is 3.38. The second kappa shape index (κ2) is 7.28. The molecule has 9 heteroatoms. The number of aryl methyl sites for hydroxylation is 1. The molecule has 0 bridgehead atoms. The van der Waals surface area contributed by atoms with Crippen LogP contribution in [-0.2, 0) is 11.8 Å². The van der Waals surface area contributed by atoms with E-state index in [1.807, 2.05) is 54.6 Å². The molecule has 0 unspecified atom stereocenters. The van der Waals surface area contributed by atoms with Gasteiger partial charge in [0.2, 0.25) is 6.17 Å². The van der Waals surface area contributed by atoms with E-state index in [-0.39, 0.29) is 11.9 Å². The van der Waals surface area contributed by atoms with Crippen molar-refractivity contribution in [1.29, 1.82) is 0 Å². The quantitative estimate of drug-likeness (QED) is 0.546. The summed E-state index contributed by atoms with van der Waals surface area (Å²) in [5.74, 6) is -0.0234. The highest BCUT2D eigenvalue weighted by Crippen LogP contribution is 2.25. The molecular weight excluding hydrogens is 382 g/mol. The maximum Gasteiger partial charge on any atom is 0.317 e. The maximum absolute atomic E-state index is 12.9. The van der Waals surface area contributed by atoms with E-state index >= 15 is 0 Å². The summed E-state index contributed by atoms with van der Waals surface area (Å²) in [6, 6.07) is 17.4. The van der Waals surface area contributed by atoms with Crippen LogP contribution in [-0.4, -0.2) is 37.8 Å². The lowest BCUT2D eigenvalue weighted by Gasteiger charge is -2.11. The number of anilines is 2. The summed E-state index contributed by atoms with van der Waals surface area (Å²) in [5.41, 5.74) is 3.80. The molecule has 3 heterocycles. The van der Waals surface area contributed by atoms with Gasteiger partial charge in [-0.25, -0.2) is 4.99 Å². The first-order valence-corrected chi connectivity index (χ1v) is 9.30. The number of nitrogens with one attached hydrogen (secondary N) is 2. The molecule has 0 spiro atoms. The molecule has 1 amide bonds. The van der Waals surface area contributed by atoms with E-state index in [0.29, 0.717) is 22.9 Å². The molecule has 0 radical (unpaired) electrons. The third-order valence-corrected chi connectivity index (χ3v) is 4.63. The molecule has 2 aromatic carbocycles. The summed E-state index contributed by atoms with van der Waals surface area (Å²) in [6.45, 7) is 0. The van der Waals surface area contributed by atoms with Crippen molar-refractivity contribution < 1.29 is 9.21 Å². The van der Waals surface area contributed by atoms with Gasteiger partial charge in [-0.2, -0.15) is 5.10 Å². The van der Waals surface area contributed by atoms with E-state index in [1.54, 1.807) is 24.1 Å². The summed E-state index contributed by atoms with van der Waals surface area (Å²) in [5, 5.41) is 18.0. The third-order valence-electron chi connectivity index (χ3n) is 4.63. The lowest BCUT2D eigenvalue weighted by atomic mass is 10.0. The zero-order valence-electron chi connectivity index (χ0n) is 16.0. The topological polar surface area (TPSA) is 110 Å². The van der Waals surface area contributed by atoms with E-state index < -0.39 is 6.17 Å². The molecule has 2 aromatic heterocycles. The molecule has 1 aliphatic heterocycles. The number of carbonyl (C=O) groups is 1. The van der Waals surface area contributed by atoms with Crippen LogP contribution in [0.1, 0.15) is 11.1 Å². The minimum atomic E-state index is -0.949. The van der Waals surface area contributed by atoms with Crippen LogP contribution in [0.25, 0.3) is 11.5 Å². The van der Waals surface area contributed by atoms with E-state index in [0.717, 1.165) is 11.1 Å². The molecule has 5 rings (SSSR count). The molecule has 1 aliphatic rings. The second-order valence-corrected chi connectivity index (χ2v) is 6.74.